The van der Waals surface area contributed by atoms with Crippen molar-refractivity contribution in [1.29, 1.82) is 0 Å². The highest BCUT2D eigenvalue weighted by Crippen LogP contribution is 2.33. The van der Waals surface area contributed by atoms with Crippen LogP contribution in [0.4, 0.5) is 0 Å². The van der Waals surface area contributed by atoms with E-state index in [1.807, 2.05) is 30.6 Å². The number of hydrogen-bond donors (Lipinski definition) is 0. The summed E-state index contributed by atoms with van der Waals surface area (Å²) in [5.41, 5.74) is 5.17. The van der Waals surface area contributed by atoms with Crippen LogP contribution in [0.25, 0.3) is 0 Å². The average Bonchev–Trinajstić information content (AvgIpc) is 3.68. The minimum absolute atomic E-state index is 0.248. The van der Waals surface area contributed by atoms with Gasteiger partial charge in [-0.2, -0.15) is 0 Å². The molecule has 0 spiro atoms. The molecule has 6 rings (SSSR count). The molecule has 230 valence electrons. The molecular weight excluding hydrogens is 575 g/mol. The van der Waals surface area contributed by atoms with Gasteiger partial charge in [-0.1, -0.05) is 169 Å². The lowest BCUT2D eigenvalue weighted by atomic mass is 9.41. The Morgan fingerprint density at radius 1 is 0.717 bits per heavy atom. The zero-order valence-electron chi connectivity index (χ0n) is 26.8. The Morgan fingerprint density at radius 2 is 1.24 bits per heavy atom. The molecule has 5 aromatic carbocycles. The number of ether oxygens (including phenoxy) is 1. The van der Waals surface area contributed by atoms with E-state index in [1.165, 1.54) is 40.1 Å². The van der Waals surface area contributed by atoms with Crippen LogP contribution < -0.4 is 20.8 Å². The summed E-state index contributed by atoms with van der Waals surface area (Å²) in [7, 11) is -0.846. The smallest absolute Gasteiger partial charge is 0.233 e. The SMILES string of the molecule is C=CB(c1ccccc1)c1ccccc1.CCCCCOc1ccc([SiH2]C(c2ccccc2)(c2ccccc2)n2ccnc2)cc1. The first kappa shape index (κ1) is 32.5. The molecular formula is C41H43BN2OSi. The third kappa shape index (κ3) is 8.23. The second-order valence-corrected chi connectivity index (χ2v) is 13.7. The first-order chi connectivity index (χ1) is 22.7. The van der Waals surface area contributed by atoms with Crippen LogP contribution in [0.2, 0.25) is 0 Å². The standard InChI is InChI=1S/C27H30N2OSi.C14H13B/c1-2-3-10-21-30-25-15-17-26(18-16-25)31-27(29-20-19-28-22-29,23-11-6-4-7-12-23)24-13-8-5-9-14-24;1-2-15(13-9-5-3-6-10-13)14-11-7-4-8-12-14/h4-9,11-20,22H,2-3,10,21,31H2,1H3;2-12H,1H2. The van der Waals surface area contributed by atoms with Gasteiger partial charge in [0.15, 0.2) is 0 Å². The number of nitrogens with zero attached hydrogens (tertiary/aromatic N) is 2. The van der Waals surface area contributed by atoms with Crippen LogP contribution >= 0.6 is 0 Å². The van der Waals surface area contributed by atoms with Crippen molar-refractivity contribution in [3.8, 4) is 5.75 Å². The maximum atomic E-state index is 5.93. The lowest BCUT2D eigenvalue weighted by Crippen LogP contribution is -2.46. The number of rotatable bonds is 13. The summed E-state index contributed by atoms with van der Waals surface area (Å²) in [6.07, 6.45) is 9.47. The van der Waals surface area contributed by atoms with Crippen LogP contribution in [0, 0.1) is 0 Å². The molecule has 0 amide bonds. The molecule has 1 aromatic heterocycles. The fourth-order valence-corrected chi connectivity index (χ4v) is 8.31. The number of aromatic nitrogens is 2. The molecule has 46 heavy (non-hydrogen) atoms. The van der Waals surface area contributed by atoms with Crippen LogP contribution in [0.3, 0.4) is 0 Å². The van der Waals surface area contributed by atoms with Gasteiger partial charge < -0.3 is 9.30 Å². The molecule has 0 aliphatic carbocycles. The normalized spacial score (nSPS) is 11.1. The maximum absolute atomic E-state index is 5.93. The molecule has 0 saturated carbocycles. The molecule has 0 aliphatic rings. The molecule has 6 aromatic rings. The van der Waals surface area contributed by atoms with E-state index in [4.69, 9.17) is 4.74 Å². The van der Waals surface area contributed by atoms with Crippen molar-refractivity contribution in [2.75, 3.05) is 6.61 Å². The Labute approximate surface area is 277 Å². The highest BCUT2D eigenvalue weighted by atomic mass is 28.2. The zero-order valence-corrected chi connectivity index (χ0v) is 28.2. The highest BCUT2D eigenvalue weighted by Gasteiger charge is 2.36. The van der Waals surface area contributed by atoms with E-state index in [0.717, 1.165) is 18.8 Å². The van der Waals surface area contributed by atoms with Gasteiger partial charge in [-0.15, -0.1) is 12.6 Å². The predicted octanol–water partition coefficient (Wildman–Crippen LogP) is 6.72. The molecule has 0 unspecified atom stereocenters. The number of benzene rings is 5. The van der Waals surface area contributed by atoms with E-state index >= 15 is 0 Å². The van der Waals surface area contributed by atoms with E-state index in [1.54, 1.807) is 0 Å². The molecule has 0 saturated heterocycles. The van der Waals surface area contributed by atoms with E-state index < -0.39 is 9.52 Å². The Bertz CT molecular complexity index is 1620. The molecule has 3 nitrogen and oxygen atoms in total. The van der Waals surface area contributed by atoms with Gasteiger partial charge in [-0.05, 0) is 29.7 Å². The van der Waals surface area contributed by atoms with E-state index in [9.17, 15) is 0 Å². The van der Waals surface area contributed by atoms with Crippen molar-refractivity contribution >= 4 is 32.3 Å². The fraction of sp³-hybridized carbons (Fsp3) is 0.146. The Balaban J connectivity index is 0.000000232. The largest absolute Gasteiger partial charge is 0.494 e. The second kappa shape index (κ2) is 17.0. The number of imidazole rings is 1. The summed E-state index contributed by atoms with van der Waals surface area (Å²) >= 11 is 0. The highest BCUT2D eigenvalue weighted by molar-refractivity contribution is 6.89. The monoisotopic (exact) mass is 618 g/mol. The molecule has 0 atom stereocenters. The summed E-state index contributed by atoms with van der Waals surface area (Å²) < 4.78 is 8.23. The molecule has 0 fully saturated rings. The zero-order chi connectivity index (χ0) is 31.9. The number of unbranched alkanes of at least 4 members (excludes halogenated alkanes) is 2. The van der Waals surface area contributed by atoms with Crippen molar-refractivity contribution in [3.63, 3.8) is 0 Å². The first-order valence-corrected chi connectivity index (χ1v) is 17.7. The second-order valence-electron chi connectivity index (χ2n) is 11.5. The van der Waals surface area contributed by atoms with E-state index in [0.29, 0.717) is 6.71 Å². The summed E-state index contributed by atoms with van der Waals surface area (Å²) in [5.74, 6) is 2.95. The maximum Gasteiger partial charge on any atom is 0.233 e. The van der Waals surface area contributed by atoms with Crippen molar-refractivity contribution in [2.24, 2.45) is 0 Å². The summed E-state index contributed by atoms with van der Waals surface area (Å²) in [4.78, 5) is 4.41. The van der Waals surface area contributed by atoms with Crippen molar-refractivity contribution in [3.05, 3.63) is 188 Å². The van der Waals surface area contributed by atoms with Gasteiger partial charge >= 0.3 is 0 Å². The molecule has 0 N–H and O–H groups in total. The van der Waals surface area contributed by atoms with Gasteiger partial charge in [0.25, 0.3) is 0 Å². The molecule has 0 aliphatic heterocycles. The topological polar surface area (TPSA) is 27.1 Å². The van der Waals surface area contributed by atoms with Crippen LogP contribution in [0.15, 0.2) is 177 Å². The number of hydrogen-bond acceptors (Lipinski definition) is 2. The fourth-order valence-electron chi connectivity index (χ4n) is 6.00. The van der Waals surface area contributed by atoms with Gasteiger partial charge in [0.05, 0.1) is 27.6 Å². The van der Waals surface area contributed by atoms with Crippen LogP contribution in [-0.4, -0.2) is 32.4 Å². The summed E-state index contributed by atoms with van der Waals surface area (Å²) in [5, 5.41) is 1.14. The van der Waals surface area contributed by atoms with Gasteiger partial charge in [0, 0.05) is 12.4 Å². The van der Waals surface area contributed by atoms with Crippen molar-refractivity contribution in [1.82, 2.24) is 9.55 Å². The van der Waals surface area contributed by atoms with E-state index in [2.05, 4.69) is 163 Å². The molecule has 1 heterocycles. The molecule has 0 bridgehead atoms. The van der Waals surface area contributed by atoms with Crippen molar-refractivity contribution in [2.45, 2.75) is 31.3 Å². The predicted molar refractivity (Wildman–Crippen MR) is 199 cm³/mol. The van der Waals surface area contributed by atoms with Gasteiger partial charge in [0.2, 0.25) is 6.71 Å². The minimum Gasteiger partial charge on any atom is -0.494 e. The Hall–Kier alpha value is -4.87. The van der Waals surface area contributed by atoms with Crippen LogP contribution in [-0.2, 0) is 5.16 Å². The minimum atomic E-state index is -0.846. The lowest BCUT2D eigenvalue weighted by molar-refractivity contribution is 0.306. The van der Waals surface area contributed by atoms with Gasteiger partial charge in [-0.3, -0.25) is 0 Å². The third-order valence-electron chi connectivity index (χ3n) is 8.40. The Kier molecular flexibility index (Phi) is 12.0. The molecule has 5 heteroatoms. The van der Waals surface area contributed by atoms with Crippen LogP contribution in [0.5, 0.6) is 5.75 Å². The van der Waals surface area contributed by atoms with Crippen LogP contribution in [0.1, 0.15) is 37.3 Å². The lowest BCUT2D eigenvalue weighted by Gasteiger charge is -2.37. The third-order valence-corrected chi connectivity index (χ3v) is 11.0. The quantitative estimate of drug-likeness (QED) is 0.106. The first-order valence-electron chi connectivity index (χ1n) is 16.3. The van der Waals surface area contributed by atoms with E-state index in [-0.39, 0.29) is 5.16 Å². The molecule has 0 radical (unpaired) electrons. The summed E-state index contributed by atoms with van der Waals surface area (Å²) in [6, 6.07) is 51.3. The Morgan fingerprint density at radius 3 is 1.70 bits per heavy atom. The van der Waals surface area contributed by atoms with Gasteiger partial charge in [-0.25, -0.2) is 4.98 Å². The average molecular weight is 619 g/mol. The summed E-state index contributed by atoms with van der Waals surface area (Å²) in [6.45, 7) is 7.22. The van der Waals surface area contributed by atoms with Crippen molar-refractivity contribution < 1.29 is 4.74 Å². The van der Waals surface area contributed by atoms with Gasteiger partial charge in [0.1, 0.15) is 5.75 Å².